The molecule has 1 aromatic carbocycles. The van der Waals surface area contributed by atoms with Crippen LogP contribution in [0.2, 0.25) is 4.34 Å². The number of non-ortho nitro benzene ring substituents is 1. The molecule has 0 radical (unpaired) electrons. The number of halogens is 2. The Labute approximate surface area is 122 Å². The Kier molecular flexibility index (Phi) is 4.37. The van der Waals surface area contributed by atoms with Crippen LogP contribution in [0.25, 0.3) is 0 Å². The Morgan fingerprint density at radius 2 is 1.94 bits per heavy atom. The lowest BCUT2D eigenvalue weighted by molar-refractivity contribution is -0.384. The fraction of sp³-hybridized carbons (Fsp3) is 0.167. The lowest BCUT2D eigenvalue weighted by atomic mass is 10.1. The van der Waals surface area contributed by atoms with Crippen molar-refractivity contribution in [3.05, 3.63) is 61.3 Å². The maximum Gasteiger partial charge on any atom is 0.269 e. The second kappa shape index (κ2) is 5.82. The third kappa shape index (κ3) is 3.31. The van der Waals surface area contributed by atoms with Gasteiger partial charge in [0.25, 0.3) is 5.69 Å². The van der Waals surface area contributed by atoms with Gasteiger partial charge in [-0.15, -0.1) is 11.3 Å². The van der Waals surface area contributed by atoms with E-state index in [9.17, 15) is 10.1 Å². The minimum atomic E-state index is -0.394. The highest BCUT2D eigenvalue weighted by molar-refractivity contribution is 9.09. The molecule has 0 aliphatic heterocycles. The molecule has 0 amide bonds. The van der Waals surface area contributed by atoms with Gasteiger partial charge >= 0.3 is 0 Å². The van der Waals surface area contributed by atoms with Gasteiger partial charge in [-0.3, -0.25) is 10.1 Å². The van der Waals surface area contributed by atoms with Crippen LogP contribution in [0.3, 0.4) is 0 Å². The largest absolute Gasteiger partial charge is 0.269 e. The van der Waals surface area contributed by atoms with E-state index in [1.165, 1.54) is 23.5 Å². The lowest BCUT2D eigenvalue weighted by Gasteiger charge is -2.07. The second-order valence-corrected chi connectivity index (χ2v) is 6.59. The van der Waals surface area contributed by atoms with Crippen molar-refractivity contribution in [1.82, 2.24) is 0 Å². The van der Waals surface area contributed by atoms with Gasteiger partial charge in [-0.1, -0.05) is 39.7 Å². The van der Waals surface area contributed by atoms with Crippen molar-refractivity contribution in [3.8, 4) is 0 Å². The number of thiophene rings is 1. The molecule has 18 heavy (non-hydrogen) atoms. The molecule has 0 bridgehead atoms. The normalized spacial score (nSPS) is 12.3. The fourth-order valence-electron chi connectivity index (χ4n) is 1.56. The number of rotatable bonds is 4. The van der Waals surface area contributed by atoms with Gasteiger partial charge in [0.2, 0.25) is 0 Å². The van der Waals surface area contributed by atoms with Crippen LogP contribution < -0.4 is 0 Å². The summed E-state index contributed by atoms with van der Waals surface area (Å²) in [6.45, 7) is 0. The summed E-state index contributed by atoms with van der Waals surface area (Å²) in [7, 11) is 0. The minimum absolute atomic E-state index is 0.115. The summed E-state index contributed by atoms with van der Waals surface area (Å²) in [5.74, 6) is 0. The molecular weight excluding hydrogens is 338 g/mol. The summed E-state index contributed by atoms with van der Waals surface area (Å²) in [5.41, 5.74) is 1.16. The van der Waals surface area contributed by atoms with Crippen LogP contribution >= 0.6 is 38.9 Å². The molecule has 6 heteroatoms. The van der Waals surface area contributed by atoms with Crippen molar-refractivity contribution < 1.29 is 4.92 Å². The summed E-state index contributed by atoms with van der Waals surface area (Å²) >= 11 is 11.0. The Bertz CT molecular complexity index is 555. The zero-order valence-corrected chi connectivity index (χ0v) is 12.3. The molecule has 0 aliphatic carbocycles. The zero-order chi connectivity index (χ0) is 13.1. The van der Waals surface area contributed by atoms with E-state index in [1.54, 1.807) is 12.1 Å². The van der Waals surface area contributed by atoms with E-state index in [-0.39, 0.29) is 10.5 Å². The highest BCUT2D eigenvalue weighted by atomic mass is 79.9. The molecule has 1 unspecified atom stereocenters. The molecule has 1 heterocycles. The van der Waals surface area contributed by atoms with Crippen molar-refractivity contribution in [2.75, 3.05) is 0 Å². The number of hydrogen-bond acceptors (Lipinski definition) is 3. The SMILES string of the molecule is O=[N+]([O-])c1ccc(CC(Br)c2ccc(Cl)s2)cc1. The van der Waals surface area contributed by atoms with Crippen molar-refractivity contribution in [1.29, 1.82) is 0 Å². The van der Waals surface area contributed by atoms with Gasteiger partial charge < -0.3 is 0 Å². The standard InChI is InChI=1S/C12H9BrClNO2S/c13-10(11-5-6-12(14)18-11)7-8-1-3-9(4-2-8)15(16)17/h1-6,10H,7H2. The molecule has 0 saturated carbocycles. The average molecular weight is 347 g/mol. The smallest absolute Gasteiger partial charge is 0.258 e. The molecule has 94 valence electrons. The Morgan fingerprint density at radius 3 is 2.44 bits per heavy atom. The van der Waals surface area contributed by atoms with Crippen molar-refractivity contribution >= 4 is 44.6 Å². The average Bonchev–Trinajstić information content (AvgIpc) is 2.76. The van der Waals surface area contributed by atoms with Gasteiger partial charge in [0.05, 0.1) is 14.1 Å². The Hall–Kier alpha value is -0.910. The van der Waals surface area contributed by atoms with Gasteiger partial charge in [-0.2, -0.15) is 0 Å². The first-order valence-electron chi connectivity index (χ1n) is 5.19. The predicted octanol–water partition coefficient (Wildman–Crippen LogP) is 4.99. The molecule has 0 spiro atoms. The molecule has 3 nitrogen and oxygen atoms in total. The van der Waals surface area contributed by atoms with E-state index >= 15 is 0 Å². The molecule has 2 rings (SSSR count). The molecule has 0 aliphatic rings. The van der Waals surface area contributed by atoms with Gasteiger partial charge in [0, 0.05) is 17.0 Å². The molecule has 2 aromatic rings. The van der Waals surface area contributed by atoms with Gasteiger partial charge in [0.1, 0.15) is 0 Å². The Balaban J connectivity index is 2.07. The monoisotopic (exact) mass is 345 g/mol. The third-order valence-corrected chi connectivity index (χ3v) is 4.93. The summed E-state index contributed by atoms with van der Waals surface area (Å²) in [6, 6.07) is 10.5. The number of hydrogen-bond donors (Lipinski definition) is 0. The number of nitrogens with zero attached hydrogens (tertiary/aromatic N) is 1. The van der Waals surface area contributed by atoms with Gasteiger partial charge in [-0.25, -0.2) is 0 Å². The van der Waals surface area contributed by atoms with Crippen molar-refractivity contribution in [3.63, 3.8) is 0 Å². The van der Waals surface area contributed by atoms with Crippen LogP contribution in [-0.4, -0.2) is 4.92 Å². The molecular formula is C12H9BrClNO2S. The summed E-state index contributed by atoms with van der Waals surface area (Å²) in [5, 5.41) is 10.5. The van der Waals surface area contributed by atoms with E-state index in [4.69, 9.17) is 11.6 Å². The molecule has 1 atom stereocenters. The van der Waals surface area contributed by atoms with Gasteiger partial charge in [0.15, 0.2) is 0 Å². The van der Waals surface area contributed by atoms with Crippen LogP contribution in [-0.2, 0) is 6.42 Å². The lowest BCUT2D eigenvalue weighted by Crippen LogP contribution is -1.94. The predicted molar refractivity (Wildman–Crippen MR) is 77.8 cm³/mol. The number of nitro groups is 1. The number of benzene rings is 1. The van der Waals surface area contributed by atoms with E-state index in [1.807, 2.05) is 12.1 Å². The molecule has 0 saturated heterocycles. The Morgan fingerprint density at radius 1 is 1.28 bits per heavy atom. The van der Waals surface area contributed by atoms with Crippen LogP contribution in [0, 0.1) is 10.1 Å². The quantitative estimate of drug-likeness (QED) is 0.445. The van der Waals surface area contributed by atoms with E-state index < -0.39 is 4.92 Å². The van der Waals surface area contributed by atoms with Crippen molar-refractivity contribution in [2.45, 2.75) is 11.2 Å². The summed E-state index contributed by atoms with van der Waals surface area (Å²) in [6.07, 6.45) is 0.773. The van der Waals surface area contributed by atoms with Gasteiger partial charge in [-0.05, 0) is 24.1 Å². The first kappa shape index (κ1) is 13.5. The van der Waals surface area contributed by atoms with Crippen LogP contribution in [0.1, 0.15) is 15.3 Å². The molecule has 0 fully saturated rings. The molecule has 0 N–H and O–H groups in total. The summed E-state index contributed by atoms with van der Waals surface area (Å²) in [4.78, 5) is 11.5. The van der Waals surface area contributed by atoms with E-state index in [0.717, 1.165) is 21.2 Å². The van der Waals surface area contributed by atoms with Crippen LogP contribution in [0.15, 0.2) is 36.4 Å². The van der Waals surface area contributed by atoms with Crippen molar-refractivity contribution in [2.24, 2.45) is 0 Å². The number of alkyl halides is 1. The third-order valence-electron chi connectivity index (χ3n) is 2.46. The number of nitro benzene ring substituents is 1. The van der Waals surface area contributed by atoms with Crippen LogP contribution in [0.5, 0.6) is 0 Å². The minimum Gasteiger partial charge on any atom is -0.258 e. The fourth-order valence-corrected chi connectivity index (χ4v) is 3.40. The molecule has 1 aromatic heterocycles. The maximum atomic E-state index is 10.5. The first-order chi connectivity index (χ1) is 8.56. The first-order valence-corrected chi connectivity index (χ1v) is 7.30. The van der Waals surface area contributed by atoms with Crippen LogP contribution in [0.4, 0.5) is 5.69 Å². The summed E-state index contributed by atoms with van der Waals surface area (Å²) < 4.78 is 0.762. The maximum absolute atomic E-state index is 10.5. The topological polar surface area (TPSA) is 43.1 Å². The second-order valence-electron chi connectivity index (χ2n) is 3.74. The highest BCUT2D eigenvalue weighted by Crippen LogP contribution is 2.34. The van der Waals surface area contributed by atoms with E-state index in [0.29, 0.717) is 0 Å². The van der Waals surface area contributed by atoms with E-state index in [2.05, 4.69) is 15.9 Å². The zero-order valence-electron chi connectivity index (χ0n) is 9.18. The highest BCUT2D eigenvalue weighted by Gasteiger charge is 2.12.